The van der Waals surface area contributed by atoms with Crippen molar-refractivity contribution in [3.8, 4) is 11.9 Å². The van der Waals surface area contributed by atoms with Crippen LogP contribution in [-0.2, 0) is 7.05 Å². The van der Waals surface area contributed by atoms with Gasteiger partial charge >= 0.3 is 0 Å². The zero-order chi connectivity index (χ0) is 12.3. The molecule has 2 aromatic heterocycles. The van der Waals surface area contributed by atoms with E-state index in [1.54, 1.807) is 24.5 Å². The molecule has 0 aromatic carbocycles. The average Bonchev–Trinajstić information content (AvgIpc) is 2.76. The Bertz CT molecular complexity index is 556. The Hall–Kier alpha value is -2.35. The Kier molecular flexibility index (Phi) is 3.06. The number of nitriles is 1. The number of aromatic nitrogens is 3. The van der Waals surface area contributed by atoms with Crippen LogP contribution in [0.4, 0.5) is 0 Å². The zero-order valence-corrected chi connectivity index (χ0v) is 9.66. The molecule has 0 amide bonds. The Morgan fingerprint density at radius 2 is 2.24 bits per heavy atom. The lowest BCUT2D eigenvalue weighted by Gasteiger charge is -2.14. The third kappa shape index (κ3) is 2.26. The monoisotopic (exact) mass is 228 g/mol. The van der Waals surface area contributed by atoms with Crippen LogP contribution in [0.3, 0.4) is 0 Å². The molecule has 0 saturated heterocycles. The topological polar surface area (TPSA) is 63.7 Å². The second-order valence-electron chi connectivity index (χ2n) is 3.62. The van der Waals surface area contributed by atoms with Crippen LogP contribution in [0.15, 0.2) is 30.7 Å². The van der Waals surface area contributed by atoms with Crippen molar-refractivity contribution in [1.29, 1.82) is 5.26 Å². The van der Waals surface area contributed by atoms with E-state index in [9.17, 15) is 0 Å². The van der Waals surface area contributed by atoms with E-state index in [0.717, 1.165) is 5.82 Å². The van der Waals surface area contributed by atoms with Crippen molar-refractivity contribution in [2.45, 2.75) is 13.0 Å². The molecule has 2 rings (SSSR count). The quantitative estimate of drug-likeness (QED) is 0.803. The van der Waals surface area contributed by atoms with E-state index >= 15 is 0 Å². The Morgan fingerprint density at radius 1 is 1.41 bits per heavy atom. The minimum Gasteiger partial charge on any atom is -0.466 e. The molecule has 86 valence electrons. The van der Waals surface area contributed by atoms with Crippen LogP contribution >= 0.6 is 0 Å². The molecule has 1 unspecified atom stereocenters. The third-order valence-electron chi connectivity index (χ3n) is 2.40. The molecule has 5 nitrogen and oxygen atoms in total. The van der Waals surface area contributed by atoms with Gasteiger partial charge in [0, 0.05) is 25.6 Å². The molecule has 0 N–H and O–H groups in total. The minimum atomic E-state index is -0.253. The summed E-state index contributed by atoms with van der Waals surface area (Å²) in [5.41, 5.74) is 0.425. The Labute approximate surface area is 99.3 Å². The molecule has 0 fully saturated rings. The number of aryl methyl sites for hydroxylation is 1. The van der Waals surface area contributed by atoms with Gasteiger partial charge in [0.15, 0.2) is 6.10 Å². The highest BCUT2D eigenvalue weighted by Crippen LogP contribution is 2.21. The molecule has 0 aliphatic carbocycles. The molecule has 0 radical (unpaired) electrons. The average molecular weight is 228 g/mol. The molecular weight excluding hydrogens is 216 g/mol. The van der Waals surface area contributed by atoms with E-state index in [-0.39, 0.29) is 6.10 Å². The SMILES string of the molecule is CC(Oc1ncccc1C#N)c1nccn1C. The number of hydrogen-bond acceptors (Lipinski definition) is 4. The summed E-state index contributed by atoms with van der Waals surface area (Å²) < 4.78 is 7.52. The van der Waals surface area contributed by atoms with E-state index in [2.05, 4.69) is 9.97 Å². The summed E-state index contributed by atoms with van der Waals surface area (Å²) in [6.07, 6.45) is 4.90. The summed E-state index contributed by atoms with van der Waals surface area (Å²) in [5.74, 6) is 1.13. The van der Waals surface area contributed by atoms with Crippen LogP contribution < -0.4 is 4.74 Å². The molecule has 2 aromatic rings. The predicted molar refractivity (Wildman–Crippen MR) is 61.2 cm³/mol. The van der Waals surface area contributed by atoms with Crippen molar-refractivity contribution in [2.75, 3.05) is 0 Å². The molecule has 17 heavy (non-hydrogen) atoms. The van der Waals surface area contributed by atoms with Crippen molar-refractivity contribution in [3.63, 3.8) is 0 Å². The largest absolute Gasteiger partial charge is 0.466 e. The number of ether oxygens (including phenoxy) is 1. The predicted octanol–water partition coefficient (Wildman–Crippen LogP) is 1.83. The summed E-state index contributed by atoms with van der Waals surface area (Å²) in [5, 5.41) is 8.93. The minimum absolute atomic E-state index is 0.253. The Morgan fingerprint density at radius 3 is 2.88 bits per heavy atom. The fourth-order valence-corrected chi connectivity index (χ4v) is 1.56. The number of rotatable bonds is 3. The van der Waals surface area contributed by atoms with Crippen molar-refractivity contribution in [1.82, 2.24) is 14.5 Å². The normalized spacial score (nSPS) is 11.8. The molecule has 0 spiro atoms. The van der Waals surface area contributed by atoms with Gasteiger partial charge in [-0.05, 0) is 19.1 Å². The first kappa shape index (κ1) is 11.1. The summed E-state index contributed by atoms with van der Waals surface area (Å²) in [4.78, 5) is 8.24. The third-order valence-corrected chi connectivity index (χ3v) is 2.40. The highest BCUT2D eigenvalue weighted by Gasteiger charge is 2.14. The molecular formula is C12H12N4O. The van der Waals surface area contributed by atoms with Crippen LogP contribution in [0.25, 0.3) is 0 Å². The van der Waals surface area contributed by atoms with Gasteiger partial charge in [0.1, 0.15) is 17.5 Å². The molecule has 0 aliphatic rings. The lowest BCUT2D eigenvalue weighted by Crippen LogP contribution is -2.10. The molecule has 0 bridgehead atoms. The smallest absolute Gasteiger partial charge is 0.232 e. The summed E-state index contributed by atoms with van der Waals surface area (Å²) in [7, 11) is 1.89. The summed E-state index contributed by atoms with van der Waals surface area (Å²) in [6, 6.07) is 5.43. The number of nitrogens with zero attached hydrogens (tertiary/aromatic N) is 4. The van der Waals surface area contributed by atoms with E-state index in [4.69, 9.17) is 10.00 Å². The fourth-order valence-electron chi connectivity index (χ4n) is 1.56. The van der Waals surface area contributed by atoms with Gasteiger partial charge < -0.3 is 9.30 Å². The van der Waals surface area contributed by atoms with Crippen LogP contribution in [0.1, 0.15) is 24.4 Å². The second-order valence-corrected chi connectivity index (χ2v) is 3.62. The maximum atomic E-state index is 8.93. The van der Waals surface area contributed by atoms with Crippen LogP contribution in [0.5, 0.6) is 5.88 Å². The summed E-state index contributed by atoms with van der Waals surface area (Å²) >= 11 is 0. The maximum Gasteiger partial charge on any atom is 0.232 e. The van der Waals surface area contributed by atoms with Gasteiger partial charge in [-0.15, -0.1) is 0 Å². The number of hydrogen-bond donors (Lipinski definition) is 0. The molecule has 1 atom stereocenters. The van der Waals surface area contributed by atoms with Gasteiger partial charge in [0.05, 0.1) is 0 Å². The first-order valence-corrected chi connectivity index (χ1v) is 5.21. The van der Waals surface area contributed by atoms with Crippen molar-refractivity contribution < 1.29 is 4.74 Å². The Balaban J connectivity index is 2.22. The van der Waals surface area contributed by atoms with Crippen LogP contribution in [0, 0.1) is 11.3 Å². The van der Waals surface area contributed by atoms with Gasteiger partial charge in [0.25, 0.3) is 0 Å². The van der Waals surface area contributed by atoms with Crippen molar-refractivity contribution >= 4 is 0 Å². The standard InChI is InChI=1S/C12H12N4O/c1-9(11-14-6-7-16(11)2)17-12-10(8-13)4-3-5-15-12/h3-7,9H,1-2H3. The first-order valence-electron chi connectivity index (χ1n) is 5.21. The highest BCUT2D eigenvalue weighted by molar-refractivity contribution is 5.37. The van der Waals surface area contributed by atoms with Crippen molar-refractivity contribution in [2.24, 2.45) is 7.05 Å². The molecule has 2 heterocycles. The van der Waals surface area contributed by atoms with Gasteiger partial charge in [-0.2, -0.15) is 5.26 Å². The molecule has 0 saturated carbocycles. The highest BCUT2D eigenvalue weighted by atomic mass is 16.5. The van der Waals surface area contributed by atoms with Crippen molar-refractivity contribution in [3.05, 3.63) is 42.1 Å². The lowest BCUT2D eigenvalue weighted by molar-refractivity contribution is 0.203. The van der Waals surface area contributed by atoms with Gasteiger partial charge in [-0.25, -0.2) is 9.97 Å². The number of imidazole rings is 1. The number of pyridine rings is 1. The molecule has 5 heteroatoms. The summed E-state index contributed by atoms with van der Waals surface area (Å²) in [6.45, 7) is 1.87. The van der Waals surface area contributed by atoms with Crippen LogP contribution in [0.2, 0.25) is 0 Å². The van der Waals surface area contributed by atoms with Gasteiger partial charge in [0.2, 0.25) is 5.88 Å². The second kappa shape index (κ2) is 4.66. The van der Waals surface area contributed by atoms with E-state index in [1.165, 1.54) is 0 Å². The van der Waals surface area contributed by atoms with E-state index in [0.29, 0.717) is 11.4 Å². The van der Waals surface area contributed by atoms with E-state index in [1.807, 2.05) is 30.8 Å². The zero-order valence-electron chi connectivity index (χ0n) is 9.66. The lowest BCUT2D eigenvalue weighted by atomic mass is 10.3. The van der Waals surface area contributed by atoms with E-state index < -0.39 is 0 Å². The fraction of sp³-hybridized carbons (Fsp3) is 0.250. The first-order chi connectivity index (χ1) is 8.22. The van der Waals surface area contributed by atoms with Gasteiger partial charge in [-0.1, -0.05) is 0 Å². The maximum absolute atomic E-state index is 8.93. The van der Waals surface area contributed by atoms with Crippen LogP contribution in [-0.4, -0.2) is 14.5 Å². The molecule has 0 aliphatic heterocycles. The van der Waals surface area contributed by atoms with Gasteiger partial charge in [-0.3, -0.25) is 0 Å².